The highest BCUT2D eigenvalue weighted by molar-refractivity contribution is 7.08. The van der Waals surface area contributed by atoms with E-state index >= 15 is 0 Å². The van der Waals surface area contributed by atoms with Crippen molar-refractivity contribution < 1.29 is 22.8 Å². The predicted octanol–water partition coefficient (Wildman–Crippen LogP) is 5.29. The molecular weight excluding hydrogens is 375 g/mol. The molecule has 1 aliphatic heterocycles. The molecule has 1 aromatic carbocycles. The molecule has 0 fully saturated rings. The van der Waals surface area contributed by atoms with E-state index in [0.717, 1.165) is 17.7 Å². The van der Waals surface area contributed by atoms with Crippen LogP contribution in [0.2, 0.25) is 0 Å². The van der Waals surface area contributed by atoms with Crippen molar-refractivity contribution in [1.29, 1.82) is 0 Å². The first kappa shape index (κ1) is 18.0. The van der Waals surface area contributed by atoms with E-state index in [-0.39, 0.29) is 24.0 Å². The molecule has 1 amide bonds. The molecule has 1 aliphatic carbocycles. The summed E-state index contributed by atoms with van der Waals surface area (Å²) in [5.74, 6) is -0.437. The van der Waals surface area contributed by atoms with Crippen LogP contribution in [-0.4, -0.2) is 11.7 Å². The van der Waals surface area contributed by atoms with Gasteiger partial charge in [-0.3, -0.25) is 14.5 Å². The number of carbonyl (C=O) groups excluding carboxylic acids is 2. The van der Waals surface area contributed by atoms with E-state index in [1.807, 2.05) is 16.8 Å². The van der Waals surface area contributed by atoms with Crippen molar-refractivity contribution in [2.75, 3.05) is 4.90 Å². The van der Waals surface area contributed by atoms with Gasteiger partial charge in [0, 0.05) is 35.7 Å². The van der Waals surface area contributed by atoms with Gasteiger partial charge in [-0.25, -0.2) is 0 Å². The normalized spacial score (nSPS) is 20.9. The molecule has 2 aromatic rings. The lowest BCUT2D eigenvalue weighted by Crippen LogP contribution is -2.40. The van der Waals surface area contributed by atoms with E-state index in [1.54, 1.807) is 0 Å². The second-order valence-corrected chi connectivity index (χ2v) is 7.50. The SMILES string of the molecule is O=C1CCCC2=C1[C@@H](c1ccsc1)CC(=O)N2c1ccc(C(F)(F)F)cc1. The number of carbonyl (C=O) groups is 2. The van der Waals surface area contributed by atoms with Crippen molar-refractivity contribution in [3.63, 3.8) is 0 Å². The van der Waals surface area contributed by atoms with Crippen LogP contribution in [0.3, 0.4) is 0 Å². The molecular formula is C20H16F3NO2S. The fourth-order valence-corrected chi connectivity index (χ4v) is 4.56. The van der Waals surface area contributed by atoms with Crippen LogP contribution >= 0.6 is 11.3 Å². The van der Waals surface area contributed by atoms with Crippen LogP contribution in [-0.2, 0) is 15.8 Å². The van der Waals surface area contributed by atoms with Crippen molar-refractivity contribution in [2.24, 2.45) is 0 Å². The molecule has 2 heterocycles. The second kappa shape index (κ2) is 6.64. The average molecular weight is 391 g/mol. The maximum Gasteiger partial charge on any atom is 0.416 e. The van der Waals surface area contributed by atoms with Crippen molar-refractivity contribution in [1.82, 2.24) is 0 Å². The van der Waals surface area contributed by atoms with Gasteiger partial charge in [-0.2, -0.15) is 24.5 Å². The molecule has 0 bridgehead atoms. The van der Waals surface area contributed by atoms with E-state index in [0.29, 0.717) is 36.2 Å². The Morgan fingerprint density at radius 1 is 1.04 bits per heavy atom. The fraction of sp³-hybridized carbons (Fsp3) is 0.300. The summed E-state index contributed by atoms with van der Waals surface area (Å²) < 4.78 is 38.5. The van der Waals surface area contributed by atoms with Gasteiger partial charge in [0.15, 0.2) is 5.78 Å². The molecule has 2 aliphatic rings. The van der Waals surface area contributed by atoms with Crippen LogP contribution in [0.15, 0.2) is 52.4 Å². The van der Waals surface area contributed by atoms with E-state index in [4.69, 9.17) is 0 Å². The highest BCUT2D eigenvalue weighted by Crippen LogP contribution is 2.44. The van der Waals surface area contributed by atoms with Gasteiger partial charge in [-0.15, -0.1) is 0 Å². The van der Waals surface area contributed by atoms with Crippen LogP contribution in [0.4, 0.5) is 18.9 Å². The molecule has 3 nitrogen and oxygen atoms in total. The number of thiophene rings is 1. The summed E-state index contributed by atoms with van der Waals surface area (Å²) in [7, 11) is 0. The third-order valence-corrected chi connectivity index (χ3v) is 5.78. The zero-order chi connectivity index (χ0) is 19.2. The first-order valence-corrected chi connectivity index (χ1v) is 9.59. The third kappa shape index (κ3) is 3.20. The monoisotopic (exact) mass is 391 g/mol. The second-order valence-electron chi connectivity index (χ2n) is 6.72. The first-order chi connectivity index (χ1) is 12.9. The Kier molecular flexibility index (Phi) is 4.42. The Balaban J connectivity index is 1.79. The minimum atomic E-state index is -4.43. The summed E-state index contributed by atoms with van der Waals surface area (Å²) in [4.78, 5) is 27.0. The standard InChI is InChI=1S/C20H16F3NO2S/c21-20(22,23)13-4-6-14(7-5-13)24-16-2-1-3-17(25)19(16)15(10-18(24)26)12-8-9-27-11-12/h4-9,11,15H,1-3,10H2/t15-/m1/s1. The van der Waals surface area contributed by atoms with Crippen LogP contribution < -0.4 is 4.90 Å². The number of alkyl halides is 3. The summed E-state index contributed by atoms with van der Waals surface area (Å²) in [6.45, 7) is 0. The Morgan fingerprint density at radius 3 is 2.41 bits per heavy atom. The molecule has 140 valence electrons. The molecule has 0 N–H and O–H groups in total. The number of amides is 1. The number of anilines is 1. The molecule has 0 unspecified atom stereocenters. The summed E-state index contributed by atoms with van der Waals surface area (Å²) >= 11 is 1.51. The van der Waals surface area contributed by atoms with E-state index in [2.05, 4.69) is 0 Å². The van der Waals surface area contributed by atoms with Crippen molar-refractivity contribution in [2.45, 2.75) is 37.8 Å². The summed E-state index contributed by atoms with van der Waals surface area (Å²) in [6, 6.07) is 6.46. The zero-order valence-electron chi connectivity index (χ0n) is 14.3. The number of allylic oxidation sites excluding steroid dienone is 2. The number of halogens is 3. The van der Waals surface area contributed by atoms with Crippen molar-refractivity contribution >= 4 is 28.7 Å². The number of hydrogen-bond donors (Lipinski definition) is 0. The van der Waals surface area contributed by atoms with E-state index in [9.17, 15) is 22.8 Å². The Bertz CT molecular complexity index is 914. The number of ketones is 1. The molecule has 0 radical (unpaired) electrons. The highest BCUT2D eigenvalue weighted by atomic mass is 32.1. The van der Waals surface area contributed by atoms with Crippen LogP contribution in [0.1, 0.15) is 42.7 Å². The highest BCUT2D eigenvalue weighted by Gasteiger charge is 2.40. The fourth-order valence-electron chi connectivity index (χ4n) is 3.85. The quantitative estimate of drug-likeness (QED) is 0.697. The molecule has 0 saturated heterocycles. The molecule has 0 spiro atoms. The zero-order valence-corrected chi connectivity index (χ0v) is 15.1. The summed E-state index contributed by atoms with van der Waals surface area (Å²) in [6.07, 6.45) is -2.65. The van der Waals surface area contributed by atoms with Crippen LogP contribution in [0.5, 0.6) is 0 Å². The summed E-state index contributed by atoms with van der Waals surface area (Å²) in [5.41, 5.74) is 1.83. The predicted molar refractivity (Wildman–Crippen MR) is 96.5 cm³/mol. The molecule has 1 atom stereocenters. The smallest absolute Gasteiger partial charge is 0.294 e. The maximum absolute atomic E-state index is 12.9. The van der Waals surface area contributed by atoms with Gasteiger partial charge in [0.25, 0.3) is 0 Å². The number of Topliss-reactive ketones (excluding diaryl/α,β-unsaturated/α-hetero) is 1. The molecule has 1 aromatic heterocycles. The van der Waals surface area contributed by atoms with Gasteiger partial charge in [-0.1, -0.05) is 0 Å². The third-order valence-electron chi connectivity index (χ3n) is 5.07. The van der Waals surface area contributed by atoms with E-state index < -0.39 is 11.7 Å². The molecule has 7 heteroatoms. The van der Waals surface area contributed by atoms with Gasteiger partial charge >= 0.3 is 6.18 Å². The van der Waals surface area contributed by atoms with Gasteiger partial charge in [0.05, 0.1) is 5.56 Å². The van der Waals surface area contributed by atoms with Gasteiger partial charge in [0.1, 0.15) is 0 Å². The molecule has 4 rings (SSSR count). The van der Waals surface area contributed by atoms with Gasteiger partial charge in [0.2, 0.25) is 5.91 Å². The number of rotatable bonds is 2. The lowest BCUT2D eigenvalue weighted by Gasteiger charge is -2.38. The summed E-state index contributed by atoms with van der Waals surface area (Å²) in [5, 5.41) is 3.85. The number of nitrogens with zero attached hydrogens (tertiary/aromatic N) is 1. The number of benzene rings is 1. The maximum atomic E-state index is 12.9. The van der Waals surface area contributed by atoms with Gasteiger partial charge in [-0.05, 0) is 59.5 Å². The van der Waals surface area contributed by atoms with E-state index in [1.165, 1.54) is 28.4 Å². The molecule has 0 saturated carbocycles. The lowest BCUT2D eigenvalue weighted by molar-refractivity contribution is -0.137. The minimum Gasteiger partial charge on any atom is -0.294 e. The average Bonchev–Trinajstić information content (AvgIpc) is 3.15. The van der Waals surface area contributed by atoms with Crippen molar-refractivity contribution in [3.8, 4) is 0 Å². The van der Waals surface area contributed by atoms with Crippen molar-refractivity contribution in [3.05, 3.63) is 63.5 Å². The number of hydrogen-bond acceptors (Lipinski definition) is 3. The van der Waals surface area contributed by atoms with Crippen LogP contribution in [0.25, 0.3) is 0 Å². The molecule has 27 heavy (non-hydrogen) atoms. The Hall–Kier alpha value is -2.41. The largest absolute Gasteiger partial charge is 0.416 e. The Morgan fingerprint density at radius 2 is 1.78 bits per heavy atom. The Labute approximate surface area is 158 Å². The first-order valence-electron chi connectivity index (χ1n) is 8.65. The lowest BCUT2D eigenvalue weighted by atomic mass is 9.78. The minimum absolute atomic E-state index is 0.0249. The van der Waals surface area contributed by atoms with Crippen LogP contribution in [0, 0.1) is 0 Å². The topological polar surface area (TPSA) is 37.4 Å². The van der Waals surface area contributed by atoms with Gasteiger partial charge < -0.3 is 0 Å².